The number of carbonyl (C=O) groups is 2. The summed E-state index contributed by atoms with van der Waals surface area (Å²) in [7, 11) is 0. The van der Waals surface area contributed by atoms with Gasteiger partial charge in [0.05, 0.1) is 11.3 Å². The summed E-state index contributed by atoms with van der Waals surface area (Å²) in [5.74, 6) is 0.448. The van der Waals surface area contributed by atoms with Crippen molar-refractivity contribution in [3.8, 4) is 17.0 Å². The number of amides is 1. The molecule has 10 heteroatoms. The third-order valence-corrected chi connectivity index (χ3v) is 5.57. The Labute approximate surface area is 206 Å². The highest BCUT2D eigenvalue weighted by molar-refractivity contribution is 5.98. The maximum Gasteiger partial charge on any atom is 0.435 e. The number of hydrogen-bond donors (Lipinski definition) is 0. The van der Waals surface area contributed by atoms with Crippen LogP contribution in [0, 0.1) is 0 Å². The molecule has 2 heterocycles. The first-order valence-corrected chi connectivity index (χ1v) is 11.4. The Hall–Kier alpha value is -3.82. The summed E-state index contributed by atoms with van der Waals surface area (Å²) in [5, 5.41) is 4.23. The van der Waals surface area contributed by atoms with E-state index in [0.717, 1.165) is 22.4 Å². The standard InChI is InChI=1S/C26H26F3N3O4/c1-5-31-13-17-12-20(9-10-21(17)23(31)33)35-15-18-14-32(24(34)36-25(2,3)4)30-22(18)16-7-6-8-19(11-16)26(27,28)29/h6-12,14H,5,13,15H2,1-4H3. The molecule has 7 nitrogen and oxygen atoms in total. The zero-order valence-electron chi connectivity index (χ0n) is 20.3. The van der Waals surface area contributed by atoms with E-state index >= 15 is 0 Å². The van der Waals surface area contributed by atoms with Gasteiger partial charge < -0.3 is 14.4 Å². The molecule has 1 aliphatic heterocycles. The number of alkyl halides is 3. The van der Waals surface area contributed by atoms with E-state index in [1.165, 1.54) is 18.3 Å². The third-order valence-electron chi connectivity index (χ3n) is 5.57. The Morgan fingerprint density at radius 3 is 2.53 bits per heavy atom. The Balaban J connectivity index is 1.65. The first-order chi connectivity index (χ1) is 16.9. The Morgan fingerprint density at radius 2 is 1.86 bits per heavy atom. The largest absolute Gasteiger partial charge is 0.489 e. The highest BCUT2D eigenvalue weighted by Crippen LogP contribution is 2.33. The molecule has 0 spiro atoms. The van der Waals surface area contributed by atoms with E-state index in [2.05, 4.69) is 5.10 Å². The van der Waals surface area contributed by atoms with Crippen molar-refractivity contribution in [1.29, 1.82) is 0 Å². The van der Waals surface area contributed by atoms with Crippen LogP contribution in [0.4, 0.5) is 18.0 Å². The third kappa shape index (κ3) is 5.37. The fourth-order valence-electron chi connectivity index (χ4n) is 3.87. The minimum atomic E-state index is -4.53. The number of halogens is 3. The summed E-state index contributed by atoms with van der Waals surface area (Å²) in [6.45, 7) is 8.00. The molecule has 0 radical (unpaired) electrons. The quantitative estimate of drug-likeness (QED) is 0.435. The highest BCUT2D eigenvalue weighted by Gasteiger charge is 2.31. The molecule has 0 aliphatic carbocycles. The Morgan fingerprint density at radius 1 is 1.11 bits per heavy atom. The molecule has 0 fully saturated rings. The van der Waals surface area contributed by atoms with Gasteiger partial charge in [0.15, 0.2) is 0 Å². The summed E-state index contributed by atoms with van der Waals surface area (Å²) in [4.78, 5) is 26.6. The second-order valence-corrected chi connectivity index (χ2v) is 9.43. The molecule has 0 unspecified atom stereocenters. The number of rotatable bonds is 5. The Kier molecular flexibility index (Phi) is 6.55. The van der Waals surface area contributed by atoms with Crippen LogP contribution in [0.25, 0.3) is 11.3 Å². The molecule has 4 rings (SSSR count). The molecule has 2 aromatic carbocycles. The van der Waals surface area contributed by atoms with Crippen LogP contribution in [0.5, 0.6) is 5.75 Å². The molecule has 0 N–H and O–H groups in total. The van der Waals surface area contributed by atoms with Gasteiger partial charge in [0.25, 0.3) is 5.91 Å². The van der Waals surface area contributed by atoms with Crippen molar-refractivity contribution in [2.24, 2.45) is 0 Å². The molecule has 190 valence electrons. The van der Waals surface area contributed by atoms with Gasteiger partial charge >= 0.3 is 12.3 Å². The molecule has 1 amide bonds. The van der Waals surface area contributed by atoms with Crippen molar-refractivity contribution >= 4 is 12.0 Å². The van der Waals surface area contributed by atoms with Crippen molar-refractivity contribution < 1.29 is 32.2 Å². The number of fused-ring (bicyclic) bond motifs is 1. The van der Waals surface area contributed by atoms with E-state index in [1.54, 1.807) is 43.9 Å². The maximum absolute atomic E-state index is 13.3. The summed E-state index contributed by atoms with van der Waals surface area (Å²) in [5.41, 5.74) is 0.580. The van der Waals surface area contributed by atoms with Crippen LogP contribution in [0.2, 0.25) is 0 Å². The van der Waals surface area contributed by atoms with Crippen molar-refractivity contribution in [3.05, 3.63) is 70.9 Å². The molecular weight excluding hydrogens is 475 g/mol. The lowest BCUT2D eigenvalue weighted by atomic mass is 10.1. The highest BCUT2D eigenvalue weighted by atomic mass is 19.4. The van der Waals surface area contributed by atoms with E-state index in [4.69, 9.17) is 9.47 Å². The van der Waals surface area contributed by atoms with Crippen LogP contribution < -0.4 is 4.74 Å². The monoisotopic (exact) mass is 501 g/mol. The van der Waals surface area contributed by atoms with Crippen molar-refractivity contribution in [1.82, 2.24) is 14.7 Å². The van der Waals surface area contributed by atoms with Gasteiger partial charge in [0.2, 0.25) is 0 Å². The molecule has 0 saturated carbocycles. The Bertz CT molecular complexity index is 1310. The van der Waals surface area contributed by atoms with Gasteiger partial charge in [0, 0.05) is 36.0 Å². The summed E-state index contributed by atoms with van der Waals surface area (Å²) in [6, 6.07) is 9.85. The van der Waals surface area contributed by atoms with Crippen LogP contribution in [-0.4, -0.2) is 38.8 Å². The zero-order chi connectivity index (χ0) is 26.3. The minimum absolute atomic E-state index is 0.0375. The van der Waals surface area contributed by atoms with Gasteiger partial charge in [-0.3, -0.25) is 4.79 Å². The maximum atomic E-state index is 13.3. The van der Waals surface area contributed by atoms with E-state index in [9.17, 15) is 22.8 Å². The molecule has 1 aromatic heterocycles. The van der Waals surface area contributed by atoms with Crippen LogP contribution >= 0.6 is 0 Å². The average Bonchev–Trinajstić information content (AvgIpc) is 3.37. The molecule has 36 heavy (non-hydrogen) atoms. The van der Waals surface area contributed by atoms with E-state index in [0.29, 0.717) is 30.0 Å². The first-order valence-electron chi connectivity index (χ1n) is 11.4. The second kappa shape index (κ2) is 9.33. The lowest BCUT2D eigenvalue weighted by Crippen LogP contribution is -2.27. The summed E-state index contributed by atoms with van der Waals surface area (Å²) in [6.07, 6.45) is -3.91. The predicted octanol–water partition coefficient (Wildman–Crippen LogP) is 5.91. The van der Waals surface area contributed by atoms with Gasteiger partial charge in [-0.25, -0.2) is 4.79 Å². The summed E-state index contributed by atoms with van der Waals surface area (Å²) < 4.78 is 52.2. The van der Waals surface area contributed by atoms with Crippen LogP contribution in [0.3, 0.4) is 0 Å². The van der Waals surface area contributed by atoms with Gasteiger partial charge in [-0.1, -0.05) is 12.1 Å². The molecule has 0 bridgehead atoms. The van der Waals surface area contributed by atoms with Crippen molar-refractivity contribution in [2.45, 2.75) is 52.6 Å². The predicted molar refractivity (Wildman–Crippen MR) is 125 cm³/mol. The number of nitrogens with zero attached hydrogens (tertiary/aromatic N) is 3. The molecule has 0 atom stereocenters. The summed E-state index contributed by atoms with van der Waals surface area (Å²) >= 11 is 0. The smallest absolute Gasteiger partial charge is 0.435 e. The van der Waals surface area contributed by atoms with Crippen molar-refractivity contribution in [3.63, 3.8) is 0 Å². The SMILES string of the molecule is CCN1Cc2cc(OCc3cn(C(=O)OC(C)(C)C)nc3-c3cccc(C(F)(F)F)c3)ccc2C1=O. The average molecular weight is 502 g/mol. The van der Waals surface area contributed by atoms with Crippen molar-refractivity contribution in [2.75, 3.05) is 6.54 Å². The number of carbonyl (C=O) groups excluding carboxylic acids is 2. The lowest BCUT2D eigenvalue weighted by molar-refractivity contribution is -0.137. The fraction of sp³-hybridized carbons (Fsp3) is 0.346. The molecule has 3 aromatic rings. The lowest BCUT2D eigenvalue weighted by Gasteiger charge is -2.18. The number of ether oxygens (including phenoxy) is 2. The van der Waals surface area contributed by atoms with Crippen LogP contribution in [0.15, 0.2) is 48.7 Å². The molecular formula is C26H26F3N3O4. The minimum Gasteiger partial charge on any atom is -0.489 e. The van der Waals surface area contributed by atoms with E-state index < -0.39 is 23.4 Å². The number of aromatic nitrogens is 2. The zero-order valence-corrected chi connectivity index (χ0v) is 20.3. The molecule has 0 saturated heterocycles. The van der Waals surface area contributed by atoms with Gasteiger partial charge in [0.1, 0.15) is 18.0 Å². The van der Waals surface area contributed by atoms with Gasteiger partial charge in [-0.15, -0.1) is 0 Å². The van der Waals surface area contributed by atoms with Crippen LogP contribution in [0.1, 0.15) is 54.7 Å². The van der Waals surface area contributed by atoms with E-state index in [-0.39, 0.29) is 23.8 Å². The number of benzene rings is 2. The molecule has 1 aliphatic rings. The van der Waals surface area contributed by atoms with Gasteiger partial charge in [-0.2, -0.15) is 23.0 Å². The van der Waals surface area contributed by atoms with Crippen LogP contribution in [-0.2, 0) is 24.1 Å². The second-order valence-electron chi connectivity index (χ2n) is 9.43. The fourth-order valence-corrected chi connectivity index (χ4v) is 3.87. The number of hydrogen-bond acceptors (Lipinski definition) is 5. The van der Waals surface area contributed by atoms with Gasteiger partial charge in [-0.05, 0) is 63.6 Å². The first kappa shape index (κ1) is 25.3. The normalized spacial score (nSPS) is 13.6. The topological polar surface area (TPSA) is 73.7 Å². The van der Waals surface area contributed by atoms with E-state index in [1.807, 2.05) is 6.92 Å².